The van der Waals surface area contributed by atoms with Crippen LogP contribution < -0.4 is 5.69 Å². The number of H-pyrrole nitrogens is 1. The van der Waals surface area contributed by atoms with Crippen molar-refractivity contribution in [2.75, 3.05) is 0 Å². The van der Waals surface area contributed by atoms with Crippen LogP contribution in [0.15, 0.2) is 31.7 Å². The highest BCUT2D eigenvalue weighted by Crippen LogP contribution is 2.31. The van der Waals surface area contributed by atoms with Gasteiger partial charge < -0.3 is 0 Å². The van der Waals surface area contributed by atoms with Crippen molar-refractivity contribution < 1.29 is 0 Å². The molecule has 0 amide bonds. The quantitative estimate of drug-likeness (QED) is 0.925. The number of halogens is 2. The maximum atomic E-state index is 11.6. The van der Waals surface area contributed by atoms with Crippen LogP contribution in [0.1, 0.15) is 19.9 Å². The van der Waals surface area contributed by atoms with E-state index in [0.29, 0.717) is 15.2 Å². The molecule has 8 heteroatoms. The van der Waals surface area contributed by atoms with E-state index in [1.807, 2.05) is 13.8 Å². The first-order chi connectivity index (χ1) is 8.49. The van der Waals surface area contributed by atoms with Gasteiger partial charge in [0.15, 0.2) is 5.16 Å². The summed E-state index contributed by atoms with van der Waals surface area (Å²) >= 11 is 10.6. The van der Waals surface area contributed by atoms with Crippen LogP contribution in [-0.4, -0.2) is 19.7 Å². The van der Waals surface area contributed by atoms with E-state index < -0.39 is 0 Å². The average Bonchev–Trinajstić information content (AvgIpc) is 2.64. The lowest BCUT2D eigenvalue weighted by atomic mass is 10.4. The average molecular weight is 350 g/mol. The number of nitrogens with zero attached hydrogens (tertiary/aromatic N) is 3. The van der Waals surface area contributed by atoms with Crippen LogP contribution >= 0.6 is 39.3 Å². The Bertz CT molecular complexity index is 625. The normalized spacial score (nSPS) is 11.2. The monoisotopic (exact) mass is 348 g/mol. The van der Waals surface area contributed by atoms with Gasteiger partial charge in [0.1, 0.15) is 5.03 Å². The van der Waals surface area contributed by atoms with Gasteiger partial charge in [0.2, 0.25) is 0 Å². The number of rotatable bonds is 3. The summed E-state index contributed by atoms with van der Waals surface area (Å²) < 4.78 is 2.37. The summed E-state index contributed by atoms with van der Waals surface area (Å²) in [6.07, 6.45) is 1.65. The molecule has 96 valence electrons. The molecule has 0 aliphatic carbocycles. The Morgan fingerprint density at radius 3 is 2.89 bits per heavy atom. The van der Waals surface area contributed by atoms with E-state index in [1.165, 1.54) is 11.8 Å². The molecule has 0 saturated heterocycles. The summed E-state index contributed by atoms with van der Waals surface area (Å²) in [5.41, 5.74) is -0.235. The first-order valence-electron chi connectivity index (χ1n) is 5.15. The van der Waals surface area contributed by atoms with E-state index in [4.69, 9.17) is 11.6 Å². The second-order valence-corrected chi connectivity index (χ2v) is 6.10. The fourth-order valence-corrected chi connectivity index (χ4v) is 3.04. The molecule has 0 saturated carbocycles. The van der Waals surface area contributed by atoms with Crippen LogP contribution in [0.3, 0.4) is 0 Å². The third kappa shape index (κ3) is 2.78. The van der Waals surface area contributed by atoms with Crippen LogP contribution in [0.25, 0.3) is 0 Å². The van der Waals surface area contributed by atoms with Crippen LogP contribution in [0.4, 0.5) is 0 Å². The summed E-state index contributed by atoms with van der Waals surface area (Å²) in [7, 11) is 0. The lowest BCUT2D eigenvalue weighted by Gasteiger charge is -2.08. The second-order valence-electron chi connectivity index (χ2n) is 3.82. The predicted octanol–water partition coefficient (Wildman–Crippen LogP) is 3.11. The Labute approximate surface area is 121 Å². The third-order valence-corrected chi connectivity index (χ3v) is 3.97. The molecule has 0 unspecified atom stereocenters. The minimum atomic E-state index is -0.235. The predicted molar refractivity (Wildman–Crippen MR) is 74.3 cm³/mol. The summed E-state index contributed by atoms with van der Waals surface area (Å²) in [5, 5.41) is 8.07. The van der Waals surface area contributed by atoms with Gasteiger partial charge >= 0.3 is 5.69 Å². The first kappa shape index (κ1) is 13.6. The van der Waals surface area contributed by atoms with Crippen molar-refractivity contribution in [2.24, 2.45) is 0 Å². The van der Waals surface area contributed by atoms with Gasteiger partial charge in [-0.3, -0.25) is 4.57 Å². The molecule has 0 radical (unpaired) electrons. The van der Waals surface area contributed by atoms with E-state index in [2.05, 4.69) is 31.1 Å². The van der Waals surface area contributed by atoms with Gasteiger partial charge in [0.05, 0.1) is 5.02 Å². The summed E-state index contributed by atoms with van der Waals surface area (Å²) in [4.78, 5) is 15.8. The van der Waals surface area contributed by atoms with Gasteiger partial charge in [-0.1, -0.05) is 11.6 Å². The summed E-state index contributed by atoms with van der Waals surface area (Å²) in [6, 6.07) is 1.77. The molecule has 18 heavy (non-hydrogen) atoms. The van der Waals surface area contributed by atoms with E-state index >= 15 is 0 Å². The summed E-state index contributed by atoms with van der Waals surface area (Å²) in [5.74, 6) is 0. The van der Waals surface area contributed by atoms with Crippen LogP contribution in [0.2, 0.25) is 5.02 Å². The van der Waals surface area contributed by atoms with Crippen molar-refractivity contribution in [1.29, 1.82) is 0 Å². The van der Waals surface area contributed by atoms with Crippen LogP contribution in [0.5, 0.6) is 0 Å². The van der Waals surface area contributed by atoms with Gasteiger partial charge in [-0.05, 0) is 47.6 Å². The van der Waals surface area contributed by atoms with Crippen LogP contribution in [-0.2, 0) is 0 Å². The highest BCUT2D eigenvalue weighted by atomic mass is 79.9. The van der Waals surface area contributed by atoms with Crippen molar-refractivity contribution in [2.45, 2.75) is 30.1 Å². The lowest BCUT2D eigenvalue weighted by Crippen LogP contribution is -2.19. The van der Waals surface area contributed by atoms with Gasteiger partial charge in [-0.15, -0.1) is 5.10 Å². The topological polar surface area (TPSA) is 63.6 Å². The number of hydrogen-bond acceptors (Lipinski definition) is 4. The molecule has 0 spiro atoms. The fraction of sp³-hybridized carbons (Fsp3) is 0.300. The van der Waals surface area contributed by atoms with Crippen molar-refractivity contribution in [3.63, 3.8) is 0 Å². The number of nitrogens with one attached hydrogen (secondary N) is 1. The molecule has 0 aliphatic rings. The van der Waals surface area contributed by atoms with Crippen LogP contribution in [0, 0.1) is 0 Å². The smallest absolute Gasteiger partial charge is 0.267 e. The summed E-state index contributed by atoms with van der Waals surface area (Å²) in [6.45, 7) is 3.83. The zero-order chi connectivity index (χ0) is 13.3. The lowest BCUT2D eigenvalue weighted by molar-refractivity contribution is 0.534. The second kappa shape index (κ2) is 5.46. The zero-order valence-electron chi connectivity index (χ0n) is 9.65. The van der Waals surface area contributed by atoms with E-state index in [-0.39, 0.29) is 11.7 Å². The molecule has 0 atom stereocenters. The Hall–Kier alpha value is -0.790. The Morgan fingerprint density at radius 1 is 1.56 bits per heavy atom. The van der Waals surface area contributed by atoms with Gasteiger partial charge in [-0.2, -0.15) is 0 Å². The Morgan fingerprint density at radius 2 is 2.28 bits per heavy atom. The molecule has 0 aliphatic heterocycles. The Kier molecular flexibility index (Phi) is 4.14. The highest BCUT2D eigenvalue weighted by Gasteiger charge is 2.15. The van der Waals surface area contributed by atoms with E-state index in [1.54, 1.807) is 16.8 Å². The molecule has 0 bridgehead atoms. The molecule has 2 heterocycles. The molecule has 2 rings (SSSR count). The van der Waals surface area contributed by atoms with Gasteiger partial charge in [-0.25, -0.2) is 14.9 Å². The molecule has 5 nitrogen and oxygen atoms in total. The molecular weight excluding hydrogens is 340 g/mol. The molecule has 2 aromatic heterocycles. The van der Waals surface area contributed by atoms with E-state index in [9.17, 15) is 4.79 Å². The largest absolute Gasteiger partial charge is 0.344 e. The number of hydrogen-bond donors (Lipinski definition) is 1. The standard InChI is InChI=1S/C10H10BrClN4OS/c1-5(2)16-9(17)14-15-10(16)18-8-7(12)3-6(11)4-13-8/h3-5H,1-2H3,(H,14,17). The maximum Gasteiger partial charge on any atom is 0.344 e. The molecular formula is C10H10BrClN4OS. The zero-order valence-corrected chi connectivity index (χ0v) is 12.8. The van der Waals surface area contributed by atoms with Crippen molar-refractivity contribution in [3.8, 4) is 0 Å². The van der Waals surface area contributed by atoms with E-state index in [0.717, 1.165) is 4.47 Å². The van der Waals surface area contributed by atoms with Gasteiger partial charge in [0, 0.05) is 16.7 Å². The van der Waals surface area contributed by atoms with Crippen molar-refractivity contribution in [3.05, 3.63) is 32.2 Å². The molecule has 0 fully saturated rings. The molecule has 2 aromatic rings. The third-order valence-electron chi connectivity index (χ3n) is 2.15. The number of aromatic amines is 1. The maximum absolute atomic E-state index is 11.6. The van der Waals surface area contributed by atoms with Crippen molar-refractivity contribution in [1.82, 2.24) is 19.7 Å². The Balaban J connectivity index is 2.37. The molecule has 1 N–H and O–H groups in total. The fourth-order valence-electron chi connectivity index (χ4n) is 1.38. The number of aromatic nitrogens is 4. The minimum absolute atomic E-state index is 0.0213. The number of pyridine rings is 1. The van der Waals surface area contributed by atoms with Gasteiger partial charge in [0.25, 0.3) is 0 Å². The first-order valence-corrected chi connectivity index (χ1v) is 7.13. The SMILES string of the molecule is CC(C)n1c(Sc2ncc(Br)cc2Cl)n[nH]c1=O. The molecule has 0 aromatic carbocycles. The van der Waals surface area contributed by atoms with Crippen molar-refractivity contribution >= 4 is 39.3 Å². The highest BCUT2D eigenvalue weighted by molar-refractivity contribution is 9.10. The minimum Gasteiger partial charge on any atom is -0.267 e.